The minimum atomic E-state index is -1.14. The number of aliphatic carboxylic acids is 1. The first-order valence-electron chi connectivity index (χ1n) is 7.45. The molecule has 21 heavy (non-hydrogen) atoms. The van der Waals surface area contributed by atoms with Gasteiger partial charge in [0.1, 0.15) is 6.04 Å². The largest absolute Gasteiger partial charge is 0.480 e. The molecule has 1 fully saturated rings. The summed E-state index contributed by atoms with van der Waals surface area (Å²) in [5.74, 6) is -1.14. The summed E-state index contributed by atoms with van der Waals surface area (Å²) in [5, 5.41) is 23.1. The summed E-state index contributed by atoms with van der Waals surface area (Å²) in [6.07, 6.45) is 2.86. The number of rotatable bonds is 5. The van der Waals surface area contributed by atoms with Gasteiger partial charge in [0, 0.05) is 19.1 Å². The Bertz CT molecular complexity index is 377. The van der Waals surface area contributed by atoms with E-state index in [4.69, 9.17) is 10.2 Å². The molecule has 1 saturated carbocycles. The van der Waals surface area contributed by atoms with Gasteiger partial charge in [-0.1, -0.05) is 27.7 Å². The van der Waals surface area contributed by atoms with Crippen LogP contribution >= 0.6 is 0 Å². The lowest BCUT2D eigenvalue weighted by Gasteiger charge is -2.45. The number of aliphatic hydroxyl groups is 1. The van der Waals surface area contributed by atoms with Crippen LogP contribution in [0.2, 0.25) is 0 Å². The van der Waals surface area contributed by atoms with E-state index >= 15 is 0 Å². The maximum atomic E-state index is 12.0. The van der Waals surface area contributed by atoms with Crippen molar-refractivity contribution in [3.8, 4) is 0 Å². The van der Waals surface area contributed by atoms with E-state index in [1.807, 2.05) is 0 Å². The minimum Gasteiger partial charge on any atom is -0.480 e. The Balaban J connectivity index is 2.59. The number of amides is 2. The first-order chi connectivity index (χ1) is 9.54. The Hall–Kier alpha value is -1.30. The van der Waals surface area contributed by atoms with Crippen LogP contribution in [0.3, 0.4) is 0 Å². The van der Waals surface area contributed by atoms with Crippen LogP contribution in [0.4, 0.5) is 4.79 Å². The molecule has 1 aliphatic carbocycles. The zero-order valence-electron chi connectivity index (χ0n) is 13.4. The molecule has 0 saturated heterocycles. The van der Waals surface area contributed by atoms with Gasteiger partial charge in [0.25, 0.3) is 0 Å². The predicted octanol–water partition coefficient (Wildman–Crippen LogP) is 1.73. The number of hydrogen-bond acceptors (Lipinski definition) is 3. The van der Waals surface area contributed by atoms with E-state index in [1.54, 1.807) is 0 Å². The molecular weight excluding hydrogens is 272 g/mol. The third-order valence-electron chi connectivity index (χ3n) is 3.91. The van der Waals surface area contributed by atoms with Gasteiger partial charge >= 0.3 is 12.0 Å². The molecule has 0 aromatic heterocycles. The van der Waals surface area contributed by atoms with Gasteiger partial charge in [-0.05, 0) is 30.1 Å². The molecule has 0 aromatic carbocycles. The molecule has 1 aliphatic rings. The smallest absolute Gasteiger partial charge is 0.326 e. The zero-order valence-corrected chi connectivity index (χ0v) is 13.4. The highest BCUT2D eigenvalue weighted by Crippen LogP contribution is 2.45. The molecule has 0 spiro atoms. The average Bonchev–Trinajstić information content (AvgIpc) is 2.23. The van der Waals surface area contributed by atoms with Gasteiger partial charge in [-0.3, -0.25) is 0 Å². The summed E-state index contributed by atoms with van der Waals surface area (Å²) in [6.45, 7) is 8.47. The summed E-state index contributed by atoms with van der Waals surface area (Å²) in [5.41, 5.74) is 0.300. The Kier molecular flexibility index (Phi) is 5.61. The van der Waals surface area contributed by atoms with Gasteiger partial charge in [0.15, 0.2) is 0 Å². The van der Waals surface area contributed by atoms with Gasteiger partial charge in [0.2, 0.25) is 0 Å². The maximum Gasteiger partial charge on any atom is 0.326 e. The second-order valence-electron chi connectivity index (χ2n) is 7.63. The van der Waals surface area contributed by atoms with Crippen LogP contribution < -0.4 is 10.6 Å². The van der Waals surface area contributed by atoms with Crippen LogP contribution in [0.1, 0.15) is 53.4 Å². The summed E-state index contributed by atoms with van der Waals surface area (Å²) in [4.78, 5) is 22.9. The lowest BCUT2D eigenvalue weighted by Crippen LogP contribution is -2.52. The van der Waals surface area contributed by atoms with Crippen molar-refractivity contribution in [2.75, 3.05) is 6.61 Å². The minimum absolute atomic E-state index is 0.00437. The molecule has 0 unspecified atom stereocenters. The predicted molar refractivity (Wildman–Crippen MR) is 80.0 cm³/mol. The molecule has 0 aromatic rings. The molecule has 122 valence electrons. The van der Waals surface area contributed by atoms with Crippen LogP contribution in [0.25, 0.3) is 0 Å². The van der Waals surface area contributed by atoms with Crippen molar-refractivity contribution < 1.29 is 19.8 Å². The Morgan fingerprint density at radius 1 is 1.19 bits per heavy atom. The number of urea groups is 1. The van der Waals surface area contributed by atoms with Crippen molar-refractivity contribution >= 4 is 12.0 Å². The molecule has 0 aliphatic heterocycles. The van der Waals surface area contributed by atoms with Crippen LogP contribution in [0, 0.1) is 10.8 Å². The highest BCUT2D eigenvalue weighted by atomic mass is 16.4. The Labute approximate surface area is 126 Å². The average molecular weight is 300 g/mol. The summed E-state index contributed by atoms with van der Waals surface area (Å²) >= 11 is 0. The number of carbonyl (C=O) groups is 2. The molecule has 1 rings (SSSR count). The summed E-state index contributed by atoms with van der Waals surface area (Å²) < 4.78 is 0. The van der Waals surface area contributed by atoms with Gasteiger partial charge in [-0.15, -0.1) is 0 Å². The number of carbonyl (C=O) groups excluding carboxylic acids is 1. The third kappa shape index (κ3) is 5.91. The number of aliphatic hydroxyl groups excluding tert-OH is 1. The lowest BCUT2D eigenvalue weighted by molar-refractivity contribution is -0.139. The molecular formula is C15H28N2O4. The zero-order chi connectivity index (χ0) is 16.3. The van der Waals surface area contributed by atoms with E-state index < -0.39 is 18.0 Å². The van der Waals surface area contributed by atoms with Crippen molar-refractivity contribution in [3.63, 3.8) is 0 Å². The lowest BCUT2D eigenvalue weighted by atomic mass is 9.63. The topological polar surface area (TPSA) is 98.7 Å². The molecule has 6 nitrogen and oxygen atoms in total. The monoisotopic (exact) mass is 300 g/mol. The summed E-state index contributed by atoms with van der Waals surface area (Å²) in [6, 6.07) is -1.50. The fraction of sp³-hybridized carbons (Fsp3) is 0.867. The number of carboxylic acids is 1. The van der Waals surface area contributed by atoms with Gasteiger partial charge in [0.05, 0.1) is 0 Å². The molecule has 2 amide bonds. The second kappa shape index (κ2) is 6.64. The highest BCUT2D eigenvalue weighted by molar-refractivity contribution is 5.82. The third-order valence-corrected chi connectivity index (χ3v) is 3.91. The molecule has 0 bridgehead atoms. The van der Waals surface area contributed by atoms with E-state index in [2.05, 4.69) is 38.3 Å². The standard InChI is InChI=1S/C15H28N2O4/c1-14(2)7-10(8-15(3,4)9-14)16-13(21)17-11(5-6-18)12(19)20/h10-11,18H,5-9H2,1-4H3,(H,19,20)(H2,16,17,21)/t11-/m0/s1. The molecule has 0 radical (unpaired) electrons. The van der Waals surface area contributed by atoms with Crippen molar-refractivity contribution in [1.29, 1.82) is 0 Å². The normalized spacial score (nSPS) is 22.3. The molecule has 1 atom stereocenters. The van der Waals surface area contributed by atoms with Crippen molar-refractivity contribution in [1.82, 2.24) is 10.6 Å². The van der Waals surface area contributed by atoms with E-state index in [0.29, 0.717) is 0 Å². The van der Waals surface area contributed by atoms with Gasteiger partial charge < -0.3 is 20.8 Å². The van der Waals surface area contributed by atoms with Crippen molar-refractivity contribution in [3.05, 3.63) is 0 Å². The van der Waals surface area contributed by atoms with Crippen LogP contribution in [-0.2, 0) is 4.79 Å². The Morgan fingerprint density at radius 2 is 1.71 bits per heavy atom. The van der Waals surface area contributed by atoms with Gasteiger partial charge in [-0.2, -0.15) is 0 Å². The van der Waals surface area contributed by atoms with Crippen LogP contribution in [0.15, 0.2) is 0 Å². The SMILES string of the molecule is CC1(C)CC(NC(=O)N[C@@H](CCO)C(=O)O)CC(C)(C)C1. The highest BCUT2D eigenvalue weighted by Gasteiger charge is 2.39. The number of nitrogens with one attached hydrogen (secondary N) is 2. The van der Waals surface area contributed by atoms with Gasteiger partial charge in [-0.25, -0.2) is 9.59 Å². The second-order valence-corrected chi connectivity index (χ2v) is 7.63. The number of hydrogen-bond donors (Lipinski definition) is 4. The molecule has 0 heterocycles. The summed E-state index contributed by atoms with van der Waals surface area (Å²) in [7, 11) is 0. The fourth-order valence-corrected chi connectivity index (χ4v) is 3.72. The Morgan fingerprint density at radius 3 is 2.14 bits per heavy atom. The van der Waals surface area contributed by atoms with E-state index in [9.17, 15) is 9.59 Å². The quantitative estimate of drug-likeness (QED) is 0.621. The van der Waals surface area contributed by atoms with E-state index in [-0.39, 0.29) is 29.9 Å². The van der Waals surface area contributed by atoms with E-state index in [0.717, 1.165) is 19.3 Å². The molecule has 6 heteroatoms. The first-order valence-corrected chi connectivity index (χ1v) is 7.45. The number of carboxylic acid groups (broad SMARTS) is 1. The van der Waals surface area contributed by atoms with Crippen LogP contribution in [0.5, 0.6) is 0 Å². The molecule has 4 N–H and O–H groups in total. The van der Waals surface area contributed by atoms with Crippen molar-refractivity contribution in [2.45, 2.75) is 65.5 Å². The van der Waals surface area contributed by atoms with Crippen molar-refractivity contribution in [2.24, 2.45) is 10.8 Å². The van der Waals surface area contributed by atoms with E-state index in [1.165, 1.54) is 0 Å². The fourth-order valence-electron chi connectivity index (χ4n) is 3.72. The van der Waals surface area contributed by atoms with Crippen LogP contribution in [-0.4, -0.2) is 40.9 Å². The maximum absolute atomic E-state index is 12.0. The first kappa shape index (κ1) is 17.8.